The van der Waals surface area contributed by atoms with Crippen LogP contribution in [0, 0.1) is 6.92 Å². The summed E-state index contributed by atoms with van der Waals surface area (Å²) < 4.78 is 6.73. The molecule has 0 saturated carbocycles. The number of hydrogen-bond donors (Lipinski definition) is 0. The lowest BCUT2D eigenvalue weighted by molar-refractivity contribution is 0.201. The third-order valence-electron chi connectivity index (χ3n) is 6.40. The van der Waals surface area contributed by atoms with Crippen LogP contribution in [0.1, 0.15) is 76.0 Å². The molecule has 0 spiro atoms. The third kappa shape index (κ3) is 5.46. The van der Waals surface area contributed by atoms with Crippen molar-refractivity contribution in [2.24, 2.45) is 10.1 Å². The van der Waals surface area contributed by atoms with Crippen LogP contribution in [-0.2, 0) is 17.6 Å². The molecule has 1 aromatic heterocycles. The number of nitrogens with zero attached hydrogens (tertiary/aromatic N) is 5. The maximum absolute atomic E-state index is 13.3. The van der Waals surface area contributed by atoms with Gasteiger partial charge in [-0.3, -0.25) is 4.79 Å². The van der Waals surface area contributed by atoms with Gasteiger partial charge in [0, 0.05) is 37.9 Å². The first kappa shape index (κ1) is 25.8. The fraction of sp³-hybridized carbons (Fsp3) is 0.556. The molecule has 7 nitrogen and oxygen atoms in total. The van der Waals surface area contributed by atoms with E-state index in [0.29, 0.717) is 36.5 Å². The van der Waals surface area contributed by atoms with Crippen LogP contribution in [0.3, 0.4) is 0 Å². The molecular weight excluding hydrogens is 426 g/mol. The molecule has 0 N–H and O–H groups in total. The fourth-order valence-electron chi connectivity index (χ4n) is 4.39. The number of fused-ring (bicyclic) bond motifs is 1. The summed E-state index contributed by atoms with van der Waals surface area (Å²) >= 11 is 0. The lowest BCUT2D eigenvalue weighted by Crippen LogP contribution is -2.27. The molecule has 1 aromatic carbocycles. The second kappa shape index (κ2) is 12.1. The van der Waals surface area contributed by atoms with Crippen LogP contribution < -0.4 is 10.5 Å². The molecule has 184 valence electrons. The van der Waals surface area contributed by atoms with Gasteiger partial charge in [0.2, 0.25) is 0 Å². The number of rotatable bonds is 12. The van der Waals surface area contributed by atoms with Gasteiger partial charge in [-0.1, -0.05) is 26.7 Å². The van der Waals surface area contributed by atoms with Crippen LogP contribution in [-0.4, -0.2) is 47.9 Å². The van der Waals surface area contributed by atoms with E-state index in [0.717, 1.165) is 61.4 Å². The Morgan fingerprint density at radius 3 is 2.47 bits per heavy atom. The minimum atomic E-state index is -0.0922. The van der Waals surface area contributed by atoms with E-state index in [-0.39, 0.29) is 5.56 Å². The van der Waals surface area contributed by atoms with Gasteiger partial charge in [-0.2, -0.15) is 9.78 Å². The molecule has 0 bridgehead atoms. The number of anilines is 1. The first-order valence-corrected chi connectivity index (χ1v) is 12.6. The molecule has 2 heterocycles. The monoisotopic (exact) mass is 465 g/mol. The van der Waals surface area contributed by atoms with E-state index in [4.69, 9.17) is 19.8 Å². The predicted molar refractivity (Wildman–Crippen MR) is 141 cm³/mol. The minimum Gasteiger partial charge on any atom is -0.384 e. The average Bonchev–Trinajstić information content (AvgIpc) is 3.17. The lowest BCUT2D eigenvalue weighted by Gasteiger charge is -2.21. The van der Waals surface area contributed by atoms with Gasteiger partial charge in [0.05, 0.1) is 23.7 Å². The van der Waals surface area contributed by atoms with Crippen LogP contribution >= 0.6 is 0 Å². The summed E-state index contributed by atoms with van der Waals surface area (Å²) in [6.07, 6.45) is 5.23. The quantitative estimate of drug-likeness (QED) is 0.410. The van der Waals surface area contributed by atoms with Crippen molar-refractivity contribution in [3.8, 4) is 0 Å². The maximum atomic E-state index is 13.3. The molecule has 0 aliphatic carbocycles. The molecule has 0 fully saturated rings. The summed E-state index contributed by atoms with van der Waals surface area (Å²) in [5.41, 5.74) is 6.13. The zero-order chi connectivity index (χ0) is 24.7. The normalized spacial score (nSPS) is 13.9. The Morgan fingerprint density at radius 1 is 1.09 bits per heavy atom. The molecule has 34 heavy (non-hydrogen) atoms. The summed E-state index contributed by atoms with van der Waals surface area (Å²) in [5.74, 6) is 0.548. The minimum absolute atomic E-state index is 0.0922. The van der Waals surface area contributed by atoms with E-state index < -0.39 is 0 Å². The Kier molecular flexibility index (Phi) is 9.16. The highest BCUT2D eigenvalue weighted by Crippen LogP contribution is 2.27. The van der Waals surface area contributed by atoms with Gasteiger partial charge in [-0.05, 0) is 63.8 Å². The van der Waals surface area contributed by atoms with Gasteiger partial charge in [-0.25, -0.2) is 9.98 Å². The second-order valence-corrected chi connectivity index (χ2v) is 8.68. The number of aromatic nitrogens is 2. The van der Waals surface area contributed by atoms with Gasteiger partial charge in [-0.15, -0.1) is 0 Å². The first-order chi connectivity index (χ1) is 16.5. The highest BCUT2D eigenvalue weighted by atomic mass is 16.5. The number of aliphatic imine (C=N–C) groups is 1. The van der Waals surface area contributed by atoms with Crippen molar-refractivity contribution < 1.29 is 4.74 Å². The molecule has 3 rings (SSSR count). The SMILES string of the molecule is CCCCCC1=Nn2c(nc(CCOC)c(CC)c2=O)C1=Nc1ccc(N(CC)CC)cc1C. The molecule has 0 radical (unpaired) electrons. The number of unbranched alkanes of at least 4 members (excludes halogenated alkanes) is 2. The van der Waals surface area contributed by atoms with Crippen LogP contribution in [0.25, 0.3) is 0 Å². The summed E-state index contributed by atoms with van der Waals surface area (Å²) in [5, 5.41) is 4.72. The van der Waals surface area contributed by atoms with Crippen LogP contribution in [0.2, 0.25) is 0 Å². The van der Waals surface area contributed by atoms with Crippen LogP contribution in [0.5, 0.6) is 0 Å². The largest absolute Gasteiger partial charge is 0.384 e. The topological polar surface area (TPSA) is 72.1 Å². The van der Waals surface area contributed by atoms with Gasteiger partial charge in [0.15, 0.2) is 5.82 Å². The second-order valence-electron chi connectivity index (χ2n) is 8.68. The maximum Gasteiger partial charge on any atom is 0.277 e. The summed E-state index contributed by atoms with van der Waals surface area (Å²) in [4.78, 5) is 25.6. The van der Waals surface area contributed by atoms with E-state index in [2.05, 4.69) is 50.8 Å². The van der Waals surface area contributed by atoms with E-state index in [1.54, 1.807) is 7.11 Å². The summed E-state index contributed by atoms with van der Waals surface area (Å²) in [6, 6.07) is 6.36. The Hall–Kier alpha value is -2.80. The molecule has 0 atom stereocenters. The van der Waals surface area contributed by atoms with Gasteiger partial charge in [0.25, 0.3) is 5.56 Å². The smallest absolute Gasteiger partial charge is 0.277 e. The van der Waals surface area contributed by atoms with Crippen molar-refractivity contribution in [3.63, 3.8) is 0 Å². The lowest BCUT2D eigenvalue weighted by atomic mass is 10.1. The molecule has 1 aliphatic rings. The number of methoxy groups -OCH3 is 1. The summed E-state index contributed by atoms with van der Waals surface area (Å²) in [6.45, 7) is 13.0. The van der Waals surface area contributed by atoms with E-state index in [1.807, 2.05) is 6.92 Å². The molecule has 0 saturated heterocycles. The van der Waals surface area contributed by atoms with Crippen molar-refractivity contribution >= 4 is 22.8 Å². The number of aryl methyl sites for hydroxylation is 1. The Balaban J connectivity index is 2.11. The summed E-state index contributed by atoms with van der Waals surface area (Å²) in [7, 11) is 1.67. The molecule has 2 aromatic rings. The Labute approximate surface area is 203 Å². The van der Waals surface area contributed by atoms with Gasteiger partial charge in [0.1, 0.15) is 5.71 Å². The van der Waals surface area contributed by atoms with Crippen molar-refractivity contribution in [1.29, 1.82) is 0 Å². The van der Waals surface area contributed by atoms with Crippen molar-refractivity contribution in [2.75, 3.05) is 31.7 Å². The zero-order valence-corrected chi connectivity index (χ0v) is 21.6. The number of hydrogen-bond acceptors (Lipinski definition) is 6. The van der Waals surface area contributed by atoms with Crippen LogP contribution in [0.4, 0.5) is 11.4 Å². The Bertz CT molecular complexity index is 1110. The molecule has 1 aliphatic heterocycles. The van der Waals surface area contributed by atoms with Crippen molar-refractivity contribution in [2.45, 2.75) is 73.1 Å². The first-order valence-electron chi connectivity index (χ1n) is 12.6. The number of ether oxygens (including phenoxy) is 1. The molecular formula is C27H39N5O2. The molecule has 0 amide bonds. The van der Waals surface area contributed by atoms with E-state index in [9.17, 15) is 4.79 Å². The molecule has 7 heteroatoms. The van der Waals surface area contributed by atoms with E-state index >= 15 is 0 Å². The molecule has 0 unspecified atom stereocenters. The Morgan fingerprint density at radius 2 is 1.85 bits per heavy atom. The predicted octanol–water partition coefficient (Wildman–Crippen LogP) is 5.07. The van der Waals surface area contributed by atoms with Gasteiger partial charge >= 0.3 is 0 Å². The zero-order valence-electron chi connectivity index (χ0n) is 21.6. The van der Waals surface area contributed by atoms with E-state index in [1.165, 1.54) is 10.4 Å². The fourth-order valence-corrected chi connectivity index (χ4v) is 4.39. The highest BCUT2D eigenvalue weighted by Gasteiger charge is 2.28. The average molecular weight is 466 g/mol. The van der Waals surface area contributed by atoms with Crippen molar-refractivity contribution in [1.82, 2.24) is 9.66 Å². The highest BCUT2D eigenvalue weighted by molar-refractivity contribution is 6.49. The van der Waals surface area contributed by atoms with Crippen LogP contribution in [0.15, 0.2) is 33.1 Å². The number of benzene rings is 1. The van der Waals surface area contributed by atoms with Crippen molar-refractivity contribution in [3.05, 3.63) is 51.2 Å². The third-order valence-corrected chi connectivity index (χ3v) is 6.40. The standard InChI is InChI=1S/C27H39N5O2/c1-7-11-12-13-24-25(28-22-15-14-20(18-19(22)5)31(9-3)10-4)26-29-23(16-17-34-6)21(8-2)27(33)32(26)30-24/h14-15,18H,7-13,16-17H2,1-6H3. The van der Waals surface area contributed by atoms with Gasteiger partial charge < -0.3 is 9.64 Å².